The Balaban J connectivity index is 1.48. The summed E-state index contributed by atoms with van der Waals surface area (Å²) >= 11 is 11.8. The molecule has 3 rings (SSSR count). The lowest BCUT2D eigenvalue weighted by Crippen LogP contribution is -2.42. The SMILES string of the molecule is Cc1cccc(C)c1NC(=O)CN1CCCN(C(=S)NCc2ccccc2Cl)CC1. The molecule has 0 saturated carbocycles. The predicted molar refractivity (Wildman–Crippen MR) is 128 cm³/mol. The molecular formula is C23H29ClN4OS. The van der Waals surface area contributed by atoms with E-state index < -0.39 is 0 Å². The van der Waals surface area contributed by atoms with E-state index in [1.165, 1.54) is 0 Å². The van der Waals surface area contributed by atoms with Gasteiger partial charge in [-0.3, -0.25) is 9.69 Å². The molecule has 1 amide bonds. The van der Waals surface area contributed by atoms with Crippen LogP contribution in [-0.2, 0) is 11.3 Å². The van der Waals surface area contributed by atoms with Gasteiger partial charge in [0.1, 0.15) is 0 Å². The van der Waals surface area contributed by atoms with Crippen LogP contribution in [0, 0.1) is 13.8 Å². The number of carbonyl (C=O) groups is 1. The van der Waals surface area contributed by atoms with Crippen molar-refractivity contribution in [2.75, 3.05) is 38.0 Å². The van der Waals surface area contributed by atoms with Gasteiger partial charge in [0.15, 0.2) is 5.11 Å². The smallest absolute Gasteiger partial charge is 0.238 e. The first-order valence-corrected chi connectivity index (χ1v) is 11.1. The first kappa shape index (κ1) is 22.5. The summed E-state index contributed by atoms with van der Waals surface area (Å²) in [5, 5.41) is 7.87. The Hall–Kier alpha value is -2.15. The van der Waals surface area contributed by atoms with E-state index in [0.717, 1.165) is 65.1 Å². The van der Waals surface area contributed by atoms with E-state index in [4.69, 9.17) is 23.8 Å². The minimum absolute atomic E-state index is 0.0280. The van der Waals surface area contributed by atoms with Gasteiger partial charge in [-0.05, 0) is 55.2 Å². The molecule has 0 unspecified atom stereocenters. The highest BCUT2D eigenvalue weighted by Crippen LogP contribution is 2.19. The quantitative estimate of drug-likeness (QED) is 0.683. The van der Waals surface area contributed by atoms with E-state index in [9.17, 15) is 4.79 Å². The number of thiocarbonyl (C=S) groups is 1. The van der Waals surface area contributed by atoms with E-state index in [1.807, 2.05) is 56.3 Å². The Labute approximate surface area is 189 Å². The second-order valence-corrected chi connectivity index (χ2v) is 8.48. The summed E-state index contributed by atoms with van der Waals surface area (Å²) in [6.45, 7) is 8.39. The van der Waals surface area contributed by atoms with Gasteiger partial charge in [0.05, 0.1) is 6.54 Å². The van der Waals surface area contributed by atoms with Crippen molar-refractivity contribution >= 4 is 40.5 Å². The summed E-state index contributed by atoms with van der Waals surface area (Å²) in [7, 11) is 0. The highest BCUT2D eigenvalue weighted by molar-refractivity contribution is 7.80. The molecule has 0 atom stereocenters. The number of amides is 1. The molecule has 0 spiro atoms. The van der Waals surface area contributed by atoms with Crippen molar-refractivity contribution in [1.29, 1.82) is 0 Å². The minimum atomic E-state index is 0.0280. The van der Waals surface area contributed by atoms with Crippen molar-refractivity contribution in [2.45, 2.75) is 26.8 Å². The van der Waals surface area contributed by atoms with E-state index in [1.54, 1.807) is 0 Å². The molecule has 1 saturated heterocycles. The summed E-state index contributed by atoms with van der Waals surface area (Å²) in [6.07, 6.45) is 0.963. The number of aryl methyl sites for hydroxylation is 2. The van der Waals surface area contributed by atoms with Crippen molar-refractivity contribution in [3.05, 3.63) is 64.2 Å². The summed E-state index contributed by atoms with van der Waals surface area (Å²) < 4.78 is 0. The molecule has 0 bridgehead atoms. The Morgan fingerprint density at radius 3 is 2.50 bits per heavy atom. The fourth-order valence-electron chi connectivity index (χ4n) is 3.65. The third-order valence-electron chi connectivity index (χ3n) is 5.38. The van der Waals surface area contributed by atoms with Crippen LogP contribution in [-0.4, -0.2) is 53.5 Å². The summed E-state index contributed by atoms with van der Waals surface area (Å²) in [5.41, 5.74) is 4.12. The van der Waals surface area contributed by atoms with Crippen LogP contribution >= 0.6 is 23.8 Å². The first-order valence-electron chi connectivity index (χ1n) is 10.3. The zero-order valence-corrected chi connectivity index (χ0v) is 19.2. The van der Waals surface area contributed by atoms with E-state index in [-0.39, 0.29) is 5.91 Å². The van der Waals surface area contributed by atoms with Crippen LogP contribution in [0.25, 0.3) is 0 Å². The average molecular weight is 445 g/mol. The molecule has 0 aliphatic carbocycles. The van der Waals surface area contributed by atoms with Crippen molar-refractivity contribution in [3.8, 4) is 0 Å². The molecule has 2 N–H and O–H groups in total. The number of hydrogen-bond donors (Lipinski definition) is 2. The molecule has 0 radical (unpaired) electrons. The van der Waals surface area contributed by atoms with Gasteiger partial charge in [-0.2, -0.15) is 0 Å². The Bertz CT molecular complexity index is 884. The molecule has 160 valence electrons. The number of anilines is 1. The maximum atomic E-state index is 12.6. The second kappa shape index (κ2) is 10.8. The number of nitrogens with zero attached hydrogens (tertiary/aromatic N) is 2. The van der Waals surface area contributed by atoms with Crippen LogP contribution < -0.4 is 10.6 Å². The first-order chi connectivity index (χ1) is 14.4. The van der Waals surface area contributed by atoms with E-state index in [0.29, 0.717) is 13.1 Å². The van der Waals surface area contributed by atoms with Gasteiger partial charge in [0.2, 0.25) is 5.91 Å². The molecular weight excluding hydrogens is 416 g/mol. The van der Waals surface area contributed by atoms with Crippen molar-refractivity contribution < 1.29 is 4.79 Å². The zero-order chi connectivity index (χ0) is 21.5. The number of nitrogens with one attached hydrogen (secondary N) is 2. The minimum Gasteiger partial charge on any atom is -0.358 e. The number of hydrogen-bond acceptors (Lipinski definition) is 3. The molecule has 7 heteroatoms. The maximum absolute atomic E-state index is 12.6. The molecule has 2 aromatic carbocycles. The number of carbonyl (C=O) groups excluding carboxylic acids is 1. The monoisotopic (exact) mass is 444 g/mol. The molecule has 0 aromatic heterocycles. The fraction of sp³-hybridized carbons (Fsp3) is 0.391. The van der Waals surface area contributed by atoms with Gasteiger partial charge in [-0.15, -0.1) is 0 Å². The van der Waals surface area contributed by atoms with Gasteiger partial charge in [-0.1, -0.05) is 48.0 Å². The standard InChI is InChI=1S/C23H29ClN4OS/c1-17-7-5-8-18(2)22(17)26-21(29)16-27-11-6-12-28(14-13-27)23(30)25-15-19-9-3-4-10-20(19)24/h3-5,7-10H,6,11-16H2,1-2H3,(H,25,30)(H,26,29). The van der Waals surface area contributed by atoms with Gasteiger partial charge in [-0.25, -0.2) is 0 Å². The van der Waals surface area contributed by atoms with E-state index in [2.05, 4.69) is 20.4 Å². The maximum Gasteiger partial charge on any atom is 0.238 e. The van der Waals surface area contributed by atoms with Crippen molar-refractivity contribution in [3.63, 3.8) is 0 Å². The van der Waals surface area contributed by atoms with Crippen LogP contribution in [0.4, 0.5) is 5.69 Å². The Kier molecular flexibility index (Phi) is 8.08. The van der Waals surface area contributed by atoms with Crippen LogP contribution in [0.5, 0.6) is 0 Å². The molecule has 30 heavy (non-hydrogen) atoms. The van der Waals surface area contributed by atoms with Crippen LogP contribution in [0.2, 0.25) is 5.02 Å². The second-order valence-electron chi connectivity index (χ2n) is 7.68. The Morgan fingerprint density at radius 1 is 1.03 bits per heavy atom. The summed E-state index contributed by atoms with van der Waals surface area (Å²) in [4.78, 5) is 17.0. The van der Waals surface area contributed by atoms with Crippen LogP contribution in [0.1, 0.15) is 23.1 Å². The fourth-order valence-corrected chi connectivity index (χ4v) is 4.11. The summed E-state index contributed by atoms with van der Waals surface area (Å²) in [5.74, 6) is 0.0280. The number of halogens is 1. The van der Waals surface area contributed by atoms with E-state index >= 15 is 0 Å². The molecule has 2 aromatic rings. The molecule has 5 nitrogen and oxygen atoms in total. The van der Waals surface area contributed by atoms with Gasteiger partial charge >= 0.3 is 0 Å². The van der Waals surface area contributed by atoms with Crippen LogP contribution in [0.15, 0.2) is 42.5 Å². The lowest BCUT2D eigenvalue weighted by Gasteiger charge is -2.25. The highest BCUT2D eigenvalue weighted by atomic mass is 35.5. The average Bonchev–Trinajstić information content (AvgIpc) is 2.96. The normalized spacial score (nSPS) is 14.8. The summed E-state index contributed by atoms with van der Waals surface area (Å²) in [6, 6.07) is 13.8. The molecule has 1 aliphatic heterocycles. The van der Waals surface area contributed by atoms with Gasteiger partial charge < -0.3 is 15.5 Å². The van der Waals surface area contributed by atoms with Gasteiger partial charge in [0.25, 0.3) is 0 Å². The molecule has 1 heterocycles. The van der Waals surface area contributed by atoms with Gasteiger partial charge in [0, 0.05) is 43.4 Å². The lowest BCUT2D eigenvalue weighted by atomic mass is 10.1. The third-order valence-corrected chi connectivity index (χ3v) is 6.15. The largest absolute Gasteiger partial charge is 0.358 e. The topological polar surface area (TPSA) is 47.6 Å². The molecule has 1 fully saturated rings. The third kappa shape index (κ3) is 6.17. The predicted octanol–water partition coefficient (Wildman–Crippen LogP) is 3.98. The molecule has 1 aliphatic rings. The van der Waals surface area contributed by atoms with Crippen molar-refractivity contribution in [1.82, 2.24) is 15.1 Å². The Morgan fingerprint density at radius 2 is 1.77 bits per heavy atom. The number of benzene rings is 2. The van der Waals surface area contributed by atoms with Crippen molar-refractivity contribution in [2.24, 2.45) is 0 Å². The number of rotatable bonds is 5. The number of para-hydroxylation sites is 1. The highest BCUT2D eigenvalue weighted by Gasteiger charge is 2.19. The zero-order valence-electron chi connectivity index (χ0n) is 17.6. The van der Waals surface area contributed by atoms with Crippen LogP contribution in [0.3, 0.4) is 0 Å². The lowest BCUT2D eigenvalue weighted by molar-refractivity contribution is -0.117.